The van der Waals surface area contributed by atoms with Crippen LogP contribution in [0, 0.1) is 12.3 Å². The number of imidazole rings is 1. The van der Waals surface area contributed by atoms with Gasteiger partial charge in [-0.3, -0.25) is 9.53 Å². The van der Waals surface area contributed by atoms with E-state index in [0.29, 0.717) is 17.0 Å². The molecular formula is C35H46F3N5O4. The van der Waals surface area contributed by atoms with E-state index in [1.165, 1.54) is 0 Å². The number of aryl methyl sites for hydroxylation is 2. The molecule has 3 aliphatic rings. The second kappa shape index (κ2) is 12.6. The molecular weight excluding hydrogens is 611 g/mol. The first kappa shape index (κ1) is 33.5. The molecule has 1 saturated carbocycles. The molecule has 6 rings (SSSR count). The molecule has 2 aromatic heterocycles. The van der Waals surface area contributed by atoms with Gasteiger partial charge in [-0.05, 0) is 114 Å². The van der Waals surface area contributed by atoms with Crippen molar-refractivity contribution >= 4 is 17.1 Å². The topological polar surface area (TPSA) is 81.8 Å². The first-order chi connectivity index (χ1) is 22.1. The molecule has 1 aromatic carbocycles. The van der Waals surface area contributed by atoms with Crippen LogP contribution in [-0.2, 0) is 23.1 Å². The molecule has 1 aliphatic carbocycles. The monoisotopic (exact) mass is 657 g/mol. The van der Waals surface area contributed by atoms with Gasteiger partial charge in [-0.25, -0.2) is 9.78 Å². The highest BCUT2D eigenvalue weighted by molar-refractivity contribution is 5.83. The van der Waals surface area contributed by atoms with Crippen LogP contribution in [0.5, 0.6) is 0 Å². The number of hydrogen-bond acceptors (Lipinski definition) is 6. The number of likely N-dealkylation sites (tertiary alicyclic amines) is 2. The van der Waals surface area contributed by atoms with Crippen LogP contribution in [0.4, 0.5) is 18.0 Å². The van der Waals surface area contributed by atoms with Gasteiger partial charge in [0.05, 0.1) is 17.6 Å². The van der Waals surface area contributed by atoms with Gasteiger partial charge in [0, 0.05) is 50.4 Å². The van der Waals surface area contributed by atoms with E-state index in [1.807, 2.05) is 54.5 Å². The lowest BCUT2D eigenvalue weighted by molar-refractivity contribution is -0.325. The summed E-state index contributed by atoms with van der Waals surface area (Å²) in [5.74, 6) is 0.928. The molecule has 1 amide bonds. The maximum atomic E-state index is 12.9. The molecule has 0 radical (unpaired) electrons. The van der Waals surface area contributed by atoms with Crippen molar-refractivity contribution in [2.75, 3.05) is 32.8 Å². The van der Waals surface area contributed by atoms with Crippen LogP contribution in [0.2, 0.25) is 0 Å². The molecule has 47 heavy (non-hydrogen) atoms. The number of nitrogens with zero attached hydrogens (tertiary/aromatic N) is 5. The molecule has 256 valence electrons. The molecule has 12 heteroatoms. The van der Waals surface area contributed by atoms with E-state index in [2.05, 4.69) is 9.64 Å². The van der Waals surface area contributed by atoms with Gasteiger partial charge in [0.1, 0.15) is 11.4 Å². The molecule has 2 saturated heterocycles. The molecule has 0 atom stereocenters. The number of alkyl halides is 3. The fourth-order valence-electron chi connectivity index (χ4n) is 7.78. The first-order valence-electron chi connectivity index (χ1n) is 16.7. The van der Waals surface area contributed by atoms with Gasteiger partial charge in [-0.15, -0.1) is 13.2 Å². The molecule has 1 spiro atoms. The van der Waals surface area contributed by atoms with Crippen LogP contribution in [0.3, 0.4) is 0 Å². The van der Waals surface area contributed by atoms with Crippen LogP contribution >= 0.6 is 0 Å². The highest BCUT2D eigenvalue weighted by atomic mass is 19.4. The van der Waals surface area contributed by atoms with Gasteiger partial charge in [0.2, 0.25) is 0 Å². The van der Waals surface area contributed by atoms with E-state index in [9.17, 15) is 22.8 Å². The van der Waals surface area contributed by atoms with Crippen molar-refractivity contribution in [2.45, 2.75) is 96.7 Å². The number of carbonyl (C=O) groups excluding carboxylic acids is 1. The lowest BCUT2D eigenvalue weighted by atomic mass is 9.60. The van der Waals surface area contributed by atoms with Crippen molar-refractivity contribution in [1.29, 1.82) is 0 Å². The van der Waals surface area contributed by atoms with Gasteiger partial charge in [-0.1, -0.05) is 6.07 Å². The highest BCUT2D eigenvalue weighted by Gasteiger charge is 2.49. The number of aromatic nitrogens is 3. The first-order valence-corrected chi connectivity index (χ1v) is 16.7. The van der Waals surface area contributed by atoms with Gasteiger partial charge in [0.25, 0.3) is 5.56 Å². The number of rotatable bonds is 6. The van der Waals surface area contributed by atoms with E-state index in [4.69, 9.17) is 9.72 Å². The maximum Gasteiger partial charge on any atom is 0.522 e. The van der Waals surface area contributed by atoms with Gasteiger partial charge < -0.3 is 23.7 Å². The van der Waals surface area contributed by atoms with Crippen LogP contribution in [0.1, 0.15) is 76.6 Å². The largest absolute Gasteiger partial charge is 0.522 e. The van der Waals surface area contributed by atoms with E-state index in [-0.39, 0.29) is 24.1 Å². The van der Waals surface area contributed by atoms with Gasteiger partial charge in [-0.2, -0.15) is 0 Å². The van der Waals surface area contributed by atoms with Crippen LogP contribution in [-0.4, -0.2) is 80.8 Å². The fraction of sp³-hybridized carbons (Fsp3) is 0.629. The second-order valence-corrected chi connectivity index (χ2v) is 14.8. The SMILES string of the molecule is Cc1cc(-c2ccc3nc(C4CCN(C5CC6(CCN(C(=O)OC(C)(C)C)CC6)C5)CC4)n(CCOC(F)(F)F)c3c2)cn(C)c1=O. The summed E-state index contributed by atoms with van der Waals surface area (Å²) in [7, 11) is 1.71. The number of amides is 1. The maximum absolute atomic E-state index is 12.9. The van der Waals surface area contributed by atoms with Crippen LogP contribution < -0.4 is 5.56 Å². The van der Waals surface area contributed by atoms with Crippen molar-refractivity contribution < 1.29 is 27.4 Å². The van der Waals surface area contributed by atoms with E-state index < -0.39 is 18.6 Å². The summed E-state index contributed by atoms with van der Waals surface area (Å²) in [4.78, 5) is 34.1. The number of pyridine rings is 1. The fourth-order valence-corrected chi connectivity index (χ4v) is 7.78. The molecule has 9 nitrogen and oxygen atoms in total. The number of ether oxygens (including phenoxy) is 2. The summed E-state index contributed by atoms with van der Waals surface area (Å²) in [5, 5.41) is 0. The lowest BCUT2D eigenvalue weighted by Gasteiger charge is -2.56. The number of piperidine rings is 2. The molecule has 3 fully saturated rings. The minimum atomic E-state index is -4.70. The van der Waals surface area contributed by atoms with Gasteiger partial charge >= 0.3 is 12.5 Å². The Morgan fingerprint density at radius 3 is 2.32 bits per heavy atom. The van der Waals surface area contributed by atoms with Crippen LogP contribution in [0.15, 0.2) is 35.3 Å². The smallest absolute Gasteiger partial charge is 0.444 e. The second-order valence-electron chi connectivity index (χ2n) is 14.8. The van der Waals surface area contributed by atoms with Crippen LogP contribution in [0.25, 0.3) is 22.2 Å². The van der Waals surface area contributed by atoms with Crippen molar-refractivity contribution in [1.82, 2.24) is 23.9 Å². The summed E-state index contributed by atoms with van der Waals surface area (Å²) >= 11 is 0. The highest BCUT2D eigenvalue weighted by Crippen LogP contribution is 2.51. The van der Waals surface area contributed by atoms with Crippen molar-refractivity contribution in [3.05, 3.63) is 52.2 Å². The summed E-state index contributed by atoms with van der Waals surface area (Å²) in [6.45, 7) is 10.3. The quantitative estimate of drug-likeness (QED) is 0.297. The summed E-state index contributed by atoms with van der Waals surface area (Å²) < 4.78 is 52.0. The number of hydrogen-bond donors (Lipinski definition) is 0. The third-order valence-electron chi connectivity index (χ3n) is 10.3. The molecule has 0 unspecified atom stereocenters. The minimum Gasteiger partial charge on any atom is -0.444 e. The number of carbonyl (C=O) groups is 1. The Bertz CT molecular complexity index is 1640. The zero-order chi connectivity index (χ0) is 33.7. The third kappa shape index (κ3) is 7.38. The normalized spacial score (nSPS) is 19.8. The summed E-state index contributed by atoms with van der Waals surface area (Å²) in [5.41, 5.74) is 3.57. The average molecular weight is 658 g/mol. The predicted octanol–water partition coefficient (Wildman–Crippen LogP) is 6.61. The standard InChI is InChI=1S/C35H46F3N5O4/c1-23-18-26(22-40(5)31(23)44)25-6-7-28-29(19-25)43(16-17-46-35(36,37)38)30(39-28)24-8-12-41(13-9-24)27-20-34(21-27)10-14-42(15-11-34)32(45)47-33(2,3)4/h6-7,18-19,22,24,27H,8-17,20-21H2,1-5H3. The third-order valence-corrected chi connectivity index (χ3v) is 10.3. The van der Waals surface area contributed by atoms with Crippen molar-refractivity contribution in [3.63, 3.8) is 0 Å². The summed E-state index contributed by atoms with van der Waals surface area (Å²) in [6.07, 6.45) is 2.90. The van der Waals surface area contributed by atoms with E-state index >= 15 is 0 Å². The zero-order valence-corrected chi connectivity index (χ0v) is 28.0. The Balaban J connectivity index is 1.12. The Morgan fingerprint density at radius 1 is 1.02 bits per heavy atom. The number of fused-ring (bicyclic) bond motifs is 1. The van der Waals surface area contributed by atoms with E-state index in [0.717, 1.165) is 92.7 Å². The molecule has 4 heterocycles. The van der Waals surface area contributed by atoms with Gasteiger partial charge in [0.15, 0.2) is 0 Å². The Labute approximate surface area is 273 Å². The Hall–Kier alpha value is -3.38. The zero-order valence-electron chi connectivity index (χ0n) is 28.0. The average Bonchev–Trinajstić information content (AvgIpc) is 3.34. The van der Waals surface area contributed by atoms with Crippen molar-refractivity contribution in [3.8, 4) is 11.1 Å². The molecule has 0 bridgehead atoms. The number of halogens is 3. The van der Waals surface area contributed by atoms with Crippen molar-refractivity contribution in [2.24, 2.45) is 12.5 Å². The number of benzene rings is 1. The van der Waals surface area contributed by atoms with E-state index in [1.54, 1.807) is 24.7 Å². The molecule has 3 aromatic rings. The Morgan fingerprint density at radius 2 is 1.70 bits per heavy atom. The minimum absolute atomic E-state index is 0.0345. The Kier molecular flexibility index (Phi) is 8.97. The lowest BCUT2D eigenvalue weighted by Crippen LogP contribution is -2.57. The molecule has 2 aliphatic heterocycles. The summed E-state index contributed by atoms with van der Waals surface area (Å²) in [6, 6.07) is 8.17. The molecule has 0 N–H and O–H groups in total. The predicted molar refractivity (Wildman–Crippen MR) is 173 cm³/mol.